The van der Waals surface area contributed by atoms with E-state index in [0.717, 1.165) is 0 Å². The molecule has 0 aliphatic heterocycles. The summed E-state index contributed by atoms with van der Waals surface area (Å²) in [6.07, 6.45) is 0.362. The summed E-state index contributed by atoms with van der Waals surface area (Å²) in [4.78, 5) is 12.3. The predicted molar refractivity (Wildman–Crippen MR) is 99.0 cm³/mol. The summed E-state index contributed by atoms with van der Waals surface area (Å²) in [6, 6.07) is 5.72. The normalized spacial score (nSPS) is 21.3. The maximum atomic E-state index is 12.4. The molecule has 7 nitrogen and oxygen atoms in total. The number of alkyl halides is 2. The molecule has 140 valence electrons. The topological polar surface area (TPSA) is 101 Å². The van der Waals surface area contributed by atoms with Gasteiger partial charge in [0.15, 0.2) is 0 Å². The maximum Gasteiger partial charge on any atom is 0.264 e. The predicted octanol–water partition coefficient (Wildman–Crippen LogP) is 3.61. The number of nitrogens with one attached hydrogen (secondary N) is 2. The lowest BCUT2D eigenvalue weighted by Gasteiger charge is -2.13. The van der Waals surface area contributed by atoms with Gasteiger partial charge in [0.2, 0.25) is 11.8 Å². The van der Waals surface area contributed by atoms with Gasteiger partial charge in [-0.3, -0.25) is 4.79 Å². The van der Waals surface area contributed by atoms with E-state index in [1.807, 2.05) is 0 Å². The van der Waals surface area contributed by atoms with Crippen LogP contribution < -0.4 is 10.0 Å². The van der Waals surface area contributed by atoms with Crippen molar-refractivity contribution in [1.82, 2.24) is 5.16 Å². The Labute approximate surface area is 161 Å². The summed E-state index contributed by atoms with van der Waals surface area (Å²) in [5.41, 5.74) is 0.798. The minimum atomic E-state index is -3.84. The first-order valence-electron chi connectivity index (χ1n) is 7.71. The van der Waals surface area contributed by atoms with Crippen LogP contribution >= 0.6 is 23.2 Å². The molecule has 1 aliphatic rings. The van der Waals surface area contributed by atoms with Crippen molar-refractivity contribution in [1.29, 1.82) is 0 Å². The number of amides is 1. The molecule has 1 amide bonds. The second-order valence-corrected chi connectivity index (χ2v) is 9.69. The summed E-state index contributed by atoms with van der Waals surface area (Å²) in [5, 5.41) is 6.40. The molecule has 0 spiro atoms. The van der Waals surface area contributed by atoms with E-state index in [1.54, 1.807) is 20.8 Å². The molecule has 10 heteroatoms. The van der Waals surface area contributed by atoms with Gasteiger partial charge in [0, 0.05) is 11.3 Å². The van der Waals surface area contributed by atoms with Gasteiger partial charge in [0.05, 0.1) is 16.0 Å². The fraction of sp³-hybridized carbons (Fsp3) is 0.375. The van der Waals surface area contributed by atoms with Crippen molar-refractivity contribution < 1.29 is 17.7 Å². The molecule has 1 heterocycles. The van der Waals surface area contributed by atoms with Crippen LogP contribution in [0, 0.1) is 19.3 Å². The summed E-state index contributed by atoms with van der Waals surface area (Å²) < 4.78 is 31.1. The Kier molecular flexibility index (Phi) is 4.49. The van der Waals surface area contributed by atoms with Gasteiger partial charge in [-0.15, -0.1) is 23.2 Å². The molecule has 1 atom stereocenters. The third kappa shape index (κ3) is 3.28. The first kappa shape index (κ1) is 19.0. The molecule has 1 aromatic heterocycles. The molecule has 0 bridgehead atoms. The average molecular weight is 418 g/mol. The van der Waals surface area contributed by atoms with E-state index < -0.39 is 19.8 Å². The number of carbonyl (C=O) groups excluding carboxylic acids is 1. The van der Waals surface area contributed by atoms with Crippen LogP contribution in [0.3, 0.4) is 0 Å². The lowest BCUT2D eigenvalue weighted by Crippen LogP contribution is -2.25. The highest BCUT2D eigenvalue weighted by molar-refractivity contribution is 7.92. The van der Waals surface area contributed by atoms with Crippen LogP contribution in [-0.2, 0) is 14.8 Å². The summed E-state index contributed by atoms with van der Waals surface area (Å²) in [7, 11) is -3.84. The van der Waals surface area contributed by atoms with Crippen LogP contribution in [-0.4, -0.2) is 23.8 Å². The van der Waals surface area contributed by atoms with Gasteiger partial charge in [-0.2, -0.15) is 0 Å². The number of sulfonamides is 1. The second-order valence-electron chi connectivity index (χ2n) is 6.52. The standard InChI is InChI=1S/C16H17Cl2N3O4S/c1-9-10(2)20-25-13(9)21-26(23,24)12-6-4-11(5-7-12)19-14(22)15(3)8-16(15,17)18/h4-7,21H,8H2,1-3H3,(H,19,22)/t15-/m1/s1. The Hall–Kier alpha value is -1.77. The molecule has 2 aromatic rings. The molecule has 1 aliphatic carbocycles. The number of rotatable bonds is 5. The first-order valence-corrected chi connectivity index (χ1v) is 9.95. The van der Waals surface area contributed by atoms with Crippen LogP contribution in [0.2, 0.25) is 0 Å². The maximum absolute atomic E-state index is 12.4. The number of hydrogen-bond acceptors (Lipinski definition) is 5. The zero-order valence-corrected chi connectivity index (χ0v) is 16.6. The van der Waals surface area contributed by atoms with Gasteiger partial charge in [-0.25, -0.2) is 13.1 Å². The lowest BCUT2D eigenvalue weighted by atomic mass is 10.1. The minimum absolute atomic E-state index is 0.0191. The molecule has 2 N–H and O–H groups in total. The molecular formula is C16H17Cl2N3O4S. The highest BCUT2D eigenvalue weighted by Gasteiger charge is 2.67. The number of benzene rings is 1. The molecular weight excluding hydrogens is 401 g/mol. The minimum Gasteiger partial charge on any atom is -0.337 e. The first-order chi connectivity index (χ1) is 12.0. The van der Waals surface area contributed by atoms with Crippen molar-refractivity contribution in [3.05, 3.63) is 35.5 Å². The van der Waals surface area contributed by atoms with Crippen LogP contribution in [0.25, 0.3) is 0 Å². The number of carbonyl (C=O) groups is 1. The van der Waals surface area contributed by atoms with Crippen LogP contribution in [0.1, 0.15) is 24.6 Å². The van der Waals surface area contributed by atoms with Crippen LogP contribution in [0.5, 0.6) is 0 Å². The van der Waals surface area contributed by atoms with Crippen LogP contribution in [0.15, 0.2) is 33.7 Å². The summed E-state index contributed by atoms with van der Waals surface area (Å²) in [5.74, 6) is -0.244. The van der Waals surface area contributed by atoms with Crippen molar-refractivity contribution in [3.8, 4) is 0 Å². The number of aryl methyl sites for hydroxylation is 1. The number of halogens is 2. The van der Waals surface area contributed by atoms with Crippen molar-refractivity contribution >= 4 is 50.7 Å². The molecule has 0 unspecified atom stereocenters. The van der Waals surface area contributed by atoms with Crippen LogP contribution in [0.4, 0.5) is 11.6 Å². The van der Waals surface area contributed by atoms with Crippen molar-refractivity contribution in [2.75, 3.05) is 10.0 Å². The Bertz CT molecular complexity index is 970. The zero-order valence-electron chi connectivity index (χ0n) is 14.3. The fourth-order valence-electron chi connectivity index (χ4n) is 2.32. The van der Waals surface area contributed by atoms with Crippen molar-refractivity contribution in [3.63, 3.8) is 0 Å². The van der Waals surface area contributed by atoms with E-state index in [-0.39, 0.29) is 16.7 Å². The fourth-order valence-corrected chi connectivity index (χ4v) is 4.08. The van der Waals surface area contributed by atoms with E-state index in [2.05, 4.69) is 15.2 Å². The van der Waals surface area contributed by atoms with Crippen molar-refractivity contribution in [2.45, 2.75) is 36.4 Å². The highest BCUT2D eigenvalue weighted by Crippen LogP contribution is 2.64. The SMILES string of the molecule is Cc1noc(NS(=O)(=O)c2ccc(NC(=O)[C@@]3(C)CC3(Cl)Cl)cc2)c1C. The number of anilines is 2. The lowest BCUT2D eigenvalue weighted by molar-refractivity contribution is -0.120. The third-order valence-electron chi connectivity index (χ3n) is 4.57. The Balaban J connectivity index is 1.73. The molecule has 1 saturated carbocycles. The summed E-state index contributed by atoms with van der Waals surface area (Å²) in [6.45, 7) is 5.09. The molecule has 26 heavy (non-hydrogen) atoms. The average Bonchev–Trinajstić information content (AvgIpc) is 2.95. The Morgan fingerprint density at radius 3 is 2.27 bits per heavy atom. The largest absolute Gasteiger partial charge is 0.337 e. The third-order valence-corrected chi connectivity index (χ3v) is 7.01. The van der Waals surface area contributed by atoms with E-state index in [1.165, 1.54) is 24.3 Å². The summed E-state index contributed by atoms with van der Waals surface area (Å²) >= 11 is 12.0. The second kappa shape index (κ2) is 6.14. The number of nitrogens with zero attached hydrogens (tertiary/aromatic N) is 1. The van der Waals surface area contributed by atoms with E-state index in [0.29, 0.717) is 23.4 Å². The number of aromatic nitrogens is 1. The van der Waals surface area contributed by atoms with Gasteiger partial charge in [-0.1, -0.05) is 5.16 Å². The van der Waals surface area contributed by atoms with Gasteiger partial charge in [-0.05, 0) is 51.5 Å². The van der Waals surface area contributed by atoms with Gasteiger partial charge in [0.1, 0.15) is 4.33 Å². The zero-order chi connectivity index (χ0) is 19.3. The Morgan fingerprint density at radius 1 is 1.23 bits per heavy atom. The van der Waals surface area contributed by atoms with E-state index in [4.69, 9.17) is 27.7 Å². The van der Waals surface area contributed by atoms with Gasteiger partial charge in [0.25, 0.3) is 10.0 Å². The molecule has 0 saturated heterocycles. The van der Waals surface area contributed by atoms with Gasteiger partial charge >= 0.3 is 0 Å². The quantitative estimate of drug-likeness (QED) is 0.723. The number of hydrogen-bond donors (Lipinski definition) is 2. The monoisotopic (exact) mass is 417 g/mol. The molecule has 1 fully saturated rings. The van der Waals surface area contributed by atoms with Gasteiger partial charge < -0.3 is 9.84 Å². The van der Waals surface area contributed by atoms with E-state index >= 15 is 0 Å². The highest BCUT2D eigenvalue weighted by atomic mass is 35.5. The van der Waals surface area contributed by atoms with Crippen molar-refractivity contribution in [2.24, 2.45) is 5.41 Å². The molecule has 0 radical (unpaired) electrons. The molecule has 3 rings (SSSR count). The molecule has 1 aromatic carbocycles. The van der Waals surface area contributed by atoms with E-state index in [9.17, 15) is 13.2 Å². The smallest absolute Gasteiger partial charge is 0.264 e. The Morgan fingerprint density at radius 2 is 1.81 bits per heavy atom.